The number of nitrogens with zero attached hydrogens (tertiary/aromatic N) is 4. The van der Waals surface area contributed by atoms with Crippen molar-refractivity contribution >= 4 is 35.6 Å². The third-order valence-electron chi connectivity index (χ3n) is 2.72. The largest absolute Gasteiger partial charge is 0.390 e. The number of nitrogens with one attached hydrogen (secondary N) is 2. The predicted octanol–water partition coefficient (Wildman–Crippen LogP) is 1.96. The van der Waals surface area contributed by atoms with E-state index in [1.165, 1.54) is 7.05 Å². The van der Waals surface area contributed by atoms with Crippen LogP contribution in [0.2, 0.25) is 0 Å². The van der Waals surface area contributed by atoms with Gasteiger partial charge in [-0.3, -0.25) is 9.39 Å². The molecule has 0 atom stereocenters. The summed E-state index contributed by atoms with van der Waals surface area (Å²) >= 11 is 0. The molecule has 2 aromatic rings. The van der Waals surface area contributed by atoms with Crippen LogP contribution in [-0.4, -0.2) is 40.3 Å². The molecule has 2 N–H and O–H groups in total. The maximum atomic E-state index is 12.1. The van der Waals surface area contributed by atoms with Gasteiger partial charge in [0, 0.05) is 19.8 Å². The number of hydrogen-bond donors (Lipinski definition) is 2. The molecule has 0 aromatic carbocycles. The SMILES string of the molecule is CN=C(NCCC(F)(F)F)NCc1nnc2ccccn12.I. The van der Waals surface area contributed by atoms with Gasteiger partial charge < -0.3 is 10.6 Å². The summed E-state index contributed by atoms with van der Waals surface area (Å²) < 4.78 is 38.0. The molecular formula is C12H16F3IN6. The molecule has 0 saturated carbocycles. The monoisotopic (exact) mass is 428 g/mol. The number of aliphatic imine (C=N–C) groups is 1. The Bertz CT molecular complexity index is 625. The van der Waals surface area contributed by atoms with Crippen molar-refractivity contribution in [1.82, 2.24) is 25.2 Å². The first-order valence-electron chi connectivity index (χ1n) is 6.29. The Labute approximate surface area is 142 Å². The molecule has 0 fully saturated rings. The van der Waals surface area contributed by atoms with Crippen molar-refractivity contribution in [3.8, 4) is 0 Å². The molecule has 0 bridgehead atoms. The second-order valence-electron chi connectivity index (χ2n) is 4.26. The van der Waals surface area contributed by atoms with Crippen molar-refractivity contribution in [1.29, 1.82) is 0 Å². The van der Waals surface area contributed by atoms with Crippen LogP contribution in [0.25, 0.3) is 5.65 Å². The maximum Gasteiger partial charge on any atom is 0.390 e. The van der Waals surface area contributed by atoms with E-state index in [0.717, 1.165) is 0 Å². The number of hydrogen-bond acceptors (Lipinski definition) is 3. The molecule has 2 rings (SSSR count). The van der Waals surface area contributed by atoms with Crippen LogP contribution in [0.5, 0.6) is 0 Å². The number of pyridine rings is 1. The van der Waals surface area contributed by atoms with Gasteiger partial charge in [0.25, 0.3) is 0 Å². The van der Waals surface area contributed by atoms with Gasteiger partial charge in [-0.1, -0.05) is 6.07 Å². The Hall–Kier alpha value is -1.59. The third kappa shape index (κ3) is 5.31. The lowest BCUT2D eigenvalue weighted by Crippen LogP contribution is -2.38. The zero-order valence-corrected chi connectivity index (χ0v) is 14.1. The first kappa shape index (κ1) is 18.5. The number of alkyl halides is 3. The van der Waals surface area contributed by atoms with Gasteiger partial charge in [0.1, 0.15) is 0 Å². The summed E-state index contributed by atoms with van der Waals surface area (Å²) in [7, 11) is 1.49. The van der Waals surface area contributed by atoms with Crippen LogP contribution in [-0.2, 0) is 6.54 Å². The fraction of sp³-hybridized carbons (Fsp3) is 0.417. The highest BCUT2D eigenvalue weighted by Gasteiger charge is 2.26. The van der Waals surface area contributed by atoms with Crippen LogP contribution >= 0.6 is 24.0 Å². The molecule has 6 nitrogen and oxygen atoms in total. The van der Waals surface area contributed by atoms with E-state index >= 15 is 0 Å². The molecular weight excluding hydrogens is 412 g/mol. The standard InChI is InChI=1S/C12H15F3N6.HI/c1-16-11(17-6-5-12(13,14)15)18-8-10-20-19-9-4-2-3-7-21(9)10;/h2-4,7H,5-6,8H2,1H3,(H2,16,17,18);1H. The highest BCUT2D eigenvalue weighted by Crippen LogP contribution is 2.18. The minimum absolute atomic E-state index is 0. The molecule has 0 saturated heterocycles. The molecule has 2 aromatic heterocycles. The minimum Gasteiger partial charge on any atom is -0.356 e. The molecule has 0 aliphatic rings. The second-order valence-corrected chi connectivity index (χ2v) is 4.26. The lowest BCUT2D eigenvalue weighted by molar-refractivity contribution is -0.132. The molecule has 0 radical (unpaired) electrons. The lowest BCUT2D eigenvalue weighted by Gasteiger charge is -2.12. The Kier molecular flexibility index (Phi) is 6.84. The van der Waals surface area contributed by atoms with Crippen molar-refractivity contribution in [2.75, 3.05) is 13.6 Å². The summed E-state index contributed by atoms with van der Waals surface area (Å²) in [6, 6.07) is 5.50. The molecule has 0 unspecified atom stereocenters. The third-order valence-corrected chi connectivity index (χ3v) is 2.72. The Morgan fingerprint density at radius 3 is 2.73 bits per heavy atom. The summed E-state index contributed by atoms with van der Waals surface area (Å²) in [4.78, 5) is 3.86. The van der Waals surface area contributed by atoms with Gasteiger partial charge >= 0.3 is 6.18 Å². The van der Waals surface area contributed by atoms with E-state index in [0.29, 0.717) is 18.0 Å². The van der Waals surface area contributed by atoms with Gasteiger partial charge in [-0.15, -0.1) is 34.2 Å². The number of rotatable bonds is 4. The van der Waals surface area contributed by atoms with E-state index in [1.54, 1.807) is 4.40 Å². The fourth-order valence-electron chi connectivity index (χ4n) is 1.72. The number of aromatic nitrogens is 3. The van der Waals surface area contributed by atoms with Gasteiger partial charge in [0.05, 0.1) is 13.0 Å². The number of guanidine groups is 1. The Morgan fingerprint density at radius 2 is 2.05 bits per heavy atom. The average molecular weight is 428 g/mol. The topological polar surface area (TPSA) is 66.6 Å². The van der Waals surface area contributed by atoms with Crippen LogP contribution in [0.15, 0.2) is 29.4 Å². The van der Waals surface area contributed by atoms with Crippen molar-refractivity contribution in [2.45, 2.75) is 19.1 Å². The van der Waals surface area contributed by atoms with Gasteiger partial charge in [-0.2, -0.15) is 13.2 Å². The lowest BCUT2D eigenvalue weighted by atomic mass is 10.4. The molecule has 122 valence electrons. The summed E-state index contributed by atoms with van der Waals surface area (Å²) in [5.41, 5.74) is 0.703. The summed E-state index contributed by atoms with van der Waals surface area (Å²) in [5, 5.41) is 13.5. The van der Waals surface area contributed by atoms with Crippen LogP contribution in [0.3, 0.4) is 0 Å². The smallest absolute Gasteiger partial charge is 0.356 e. The van der Waals surface area contributed by atoms with Crippen molar-refractivity contribution in [3.63, 3.8) is 0 Å². The van der Waals surface area contributed by atoms with Gasteiger partial charge in [-0.25, -0.2) is 0 Å². The van der Waals surface area contributed by atoms with Crippen LogP contribution in [0.1, 0.15) is 12.2 Å². The van der Waals surface area contributed by atoms with E-state index < -0.39 is 12.6 Å². The van der Waals surface area contributed by atoms with Gasteiger partial charge in [-0.05, 0) is 12.1 Å². The van der Waals surface area contributed by atoms with Gasteiger partial charge in [0.15, 0.2) is 17.4 Å². The molecule has 0 aliphatic carbocycles. The zero-order valence-electron chi connectivity index (χ0n) is 11.8. The van der Waals surface area contributed by atoms with Crippen molar-refractivity contribution in [2.24, 2.45) is 4.99 Å². The molecule has 0 aliphatic heterocycles. The van der Waals surface area contributed by atoms with E-state index in [2.05, 4.69) is 25.8 Å². The molecule has 0 amide bonds. The Morgan fingerprint density at radius 1 is 1.27 bits per heavy atom. The molecule has 0 spiro atoms. The molecule has 2 heterocycles. The highest BCUT2D eigenvalue weighted by molar-refractivity contribution is 14.0. The minimum atomic E-state index is -4.19. The summed E-state index contributed by atoms with van der Waals surface area (Å²) in [6.45, 7) is 0.0701. The molecule has 22 heavy (non-hydrogen) atoms. The van der Waals surface area contributed by atoms with Crippen molar-refractivity contribution in [3.05, 3.63) is 30.2 Å². The van der Waals surface area contributed by atoms with Crippen LogP contribution in [0.4, 0.5) is 13.2 Å². The quantitative estimate of drug-likeness (QED) is 0.444. The van der Waals surface area contributed by atoms with E-state index in [-0.39, 0.29) is 36.5 Å². The molecule has 10 heteroatoms. The zero-order chi connectivity index (χ0) is 15.3. The first-order valence-corrected chi connectivity index (χ1v) is 6.29. The average Bonchev–Trinajstić information content (AvgIpc) is 2.85. The van der Waals surface area contributed by atoms with Crippen LogP contribution < -0.4 is 10.6 Å². The van der Waals surface area contributed by atoms with E-state index in [9.17, 15) is 13.2 Å². The summed E-state index contributed by atoms with van der Waals surface area (Å²) in [5.74, 6) is 0.927. The van der Waals surface area contributed by atoms with Crippen LogP contribution in [0, 0.1) is 0 Å². The van der Waals surface area contributed by atoms with Gasteiger partial charge in [0.2, 0.25) is 0 Å². The van der Waals surface area contributed by atoms with E-state index in [1.807, 2.05) is 24.4 Å². The van der Waals surface area contributed by atoms with Crippen molar-refractivity contribution < 1.29 is 13.2 Å². The maximum absolute atomic E-state index is 12.1. The fourth-order valence-corrected chi connectivity index (χ4v) is 1.72. The highest BCUT2D eigenvalue weighted by atomic mass is 127. The first-order chi connectivity index (χ1) is 9.99. The normalized spacial score (nSPS) is 12.1. The summed E-state index contributed by atoms with van der Waals surface area (Å²) in [6.07, 6.45) is -3.29. The number of fused-ring (bicyclic) bond motifs is 1. The Balaban J connectivity index is 0.00000242. The van der Waals surface area contributed by atoms with E-state index in [4.69, 9.17) is 0 Å². The predicted molar refractivity (Wildman–Crippen MR) is 87.3 cm³/mol. The number of halogens is 4. The second kappa shape index (κ2) is 8.15.